The van der Waals surface area contributed by atoms with E-state index in [2.05, 4.69) is 10.6 Å². The van der Waals surface area contributed by atoms with Gasteiger partial charge in [0, 0.05) is 42.9 Å². The van der Waals surface area contributed by atoms with Crippen molar-refractivity contribution in [3.05, 3.63) is 47.5 Å². The van der Waals surface area contributed by atoms with Gasteiger partial charge in [-0.3, -0.25) is 4.79 Å². The summed E-state index contributed by atoms with van der Waals surface area (Å²) in [5, 5.41) is 6.09. The van der Waals surface area contributed by atoms with Crippen LogP contribution in [-0.4, -0.2) is 50.5 Å². The first-order valence-corrected chi connectivity index (χ1v) is 13.3. The lowest BCUT2D eigenvalue weighted by atomic mass is 10.1. The van der Waals surface area contributed by atoms with Crippen LogP contribution in [0.3, 0.4) is 0 Å². The van der Waals surface area contributed by atoms with E-state index in [-0.39, 0.29) is 16.9 Å². The third-order valence-corrected chi connectivity index (χ3v) is 8.11. The predicted octanol–water partition coefficient (Wildman–Crippen LogP) is 3.31. The fourth-order valence-electron chi connectivity index (χ4n) is 4.30. The van der Waals surface area contributed by atoms with Crippen LogP contribution in [0.2, 0.25) is 0 Å². The Morgan fingerprint density at radius 2 is 1.91 bits per heavy atom. The van der Waals surface area contributed by atoms with E-state index in [1.807, 2.05) is 26.0 Å². The minimum absolute atomic E-state index is 0.147. The van der Waals surface area contributed by atoms with E-state index in [4.69, 9.17) is 9.47 Å². The van der Waals surface area contributed by atoms with Crippen molar-refractivity contribution in [3.63, 3.8) is 0 Å². The van der Waals surface area contributed by atoms with Gasteiger partial charge in [0.05, 0.1) is 17.5 Å². The maximum Gasteiger partial charge on any atom is 0.243 e. The van der Waals surface area contributed by atoms with Crippen molar-refractivity contribution in [3.8, 4) is 11.5 Å². The van der Waals surface area contributed by atoms with Crippen molar-refractivity contribution >= 4 is 21.6 Å². The quantitative estimate of drug-likeness (QED) is 0.563. The van der Waals surface area contributed by atoms with Crippen LogP contribution in [0, 0.1) is 0 Å². The van der Waals surface area contributed by atoms with Gasteiger partial charge < -0.3 is 20.1 Å². The normalized spacial score (nSPS) is 18.9. The summed E-state index contributed by atoms with van der Waals surface area (Å²) in [6, 6.07) is 9.88. The molecule has 4 rings (SSSR count). The fraction of sp³-hybridized carbons (Fsp3) is 0.480. The SMILES string of the molecule is CCOc1cc2c(cc1CN[C@H](C)C(=O)Nc1ccc(S(=O)(=O)N3CCCC3)cc1)O[C@@H](C)C2. The van der Waals surface area contributed by atoms with Crippen molar-refractivity contribution in [2.75, 3.05) is 25.0 Å². The molecule has 9 heteroatoms. The molecule has 34 heavy (non-hydrogen) atoms. The largest absolute Gasteiger partial charge is 0.494 e. The fourth-order valence-corrected chi connectivity index (χ4v) is 5.82. The highest BCUT2D eigenvalue weighted by atomic mass is 32.2. The van der Waals surface area contributed by atoms with E-state index in [9.17, 15) is 13.2 Å². The number of nitrogens with zero attached hydrogens (tertiary/aromatic N) is 1. The molecular formula is C25H33N3O5S. The van der Waals surface area contributed by atoms with E-state index in [1.54, 1.807) is 31.2 Å². The Morgan fingerprint density at radius 3 is 2.59 bits per heavy atom. The van der Waals surface area contributed by atoms with Gasteiger partial charge in [-0.15, -0.1) is 0 Å². The van der Waals surface area contributed by atoms with Crippen molar-refractivity contribution in [1.29, 1.82) is 0 Å². The molecule has 2 aromatic carbocycles. The number of hydrogen-bond donors (Lipinski definition) is 2. The zero-order valence-corrected chi connectivity index (χ0v) is 20.8. The van der Waals surface area contributed by atoms with Crippen molar-refractivity contribution < 1.29 is 22.7 Å². The Bertz CT molecular complexity index is 1130. The summed E-state index contributed by atoms with van der Waals surface area (Å²) >= 11 is 0. The zero-order valence-electron chi connectivity index (χ0n) is 20.0. The van der Waals surface area contributed by atoms with Gasteiger partial charge >= 0.3 is 0 Å². The summed E-state index contributed by atoms with van der Waals surface area (Å²) in [4.78, 5) is 13.0. The number of sulfonamides is 1. The second-order valence-corrected chi connectivity index (χ2v) is 10.8. The van der Waals surface area contributed by atoms with Crippen LogP contribution in [0.4, 0.5) is 5.69 Å². The molecule has 0 aliphatic carbocycles. The van der Waals surface area contributed by atoms with Gasteiger partial charge in [-0.1, -0.05) is 0 Å². The molecule has 2 aromatic rings. The molecule has 2 aliphatic heterocycles. The number of benzene rings is 2. The minimum atomic E-state index is -3.47. The van der Waals surface area contributed by atoms with Crippen molar-refractivity contribution in [1.82, 2.24) is 9.62 Å². The van der Waals surface area contributed by atoms with Gasteiger partial charge in [-0.2, -0.15) is 4.31 Å². The summed E-state index contributed by atoms with van der Waals surface area (Å²) in [6.07, 6.45) is 2.79. The van der Waals surface area contributed by atoms with E-state index < -0.39 is 16.1 Å². The maximum atomic E-state index is 12.7. The topological polar surface area (TPSA) is 97.0 Å². The number of carbonyl (C=O) groups excluding carboxylic acids is 1. The Kier molecular flexibility index (Phi) is 7.45. The second-order valence-electron chi connectivity index (χ2n) is 8.86. The lowest BCUT2D eigenvalue weighted by Gasteiger charge is -2.18. The molecule has 0 saturated carbocycles. The average molecular weight is 488 g/mol. The number of nitrogens with one attached hydrogen (secondary N) is 2. The van der Waals surface area contributed by atoms with Gasteiger partial charge in [-0.25, -0.2) is 8.42 Å². The van der Waals surface area contributed by atoms with E-state index in [0.29, 0.717) is 31.9 Å². The number of rotatable bonds is 9. The maximum absolute atomic E-state index is 12.7. The standard InChI is InChI=1S/C25H33N3O5S/c1-4-32-23-14-19-13-17(2)33-24(19)15-20(23)16-26-18(3)25(29)27-21-7-9-22(10-8-21)34(30,31)28-11-5-6-12-28/h7-10,14-15,17-18,26H,4-6,11-13,16H2,1-3H3,(H,27,29)/t17-,18+/m0/s1. The zero-order chi connectivity index (χ0) is 24.3. The van der Waals surface area contributed by atoms with Crippen LogP contribution in [0.5, 0.6) is 11.5 Å². The van der Waals surface area contributed by atoms with Crippen LogP contribution in [-0.2, 0) is 27.8 Å². The predicted molar refractivity (Wildman–Crippen MR) is 131 cm³/mol. The van der Waals surface area contributed by atoms with Gasteiger partial charge in [0.25, 0.3) is 0 Å². The molecule has 0 spiro atoms. The molecule has 1 amide bonds. The summed E-state index contributed by atoms with van der Waals surface area (Å²) < 4.78 is 38.5. The average Bonchev–Trinajstić information content (AvgIpc) is 3.47. The van der Waals surface area contributed by atoms with Crippen LogP contribution in [0.25, 0.3) is 0 Å². The molecule has 0 bridgehead atoms. The van der Waals surface area contributed by atoms with Crippen molar-refractivity contribution in [2.24, 2.45) is 0 Å². The first-order valence-electron chi connectivity index (χ1n) is 11.9. The minimum Gasteiger partial charge on any atom is -0.494 e. The molecule has 2 heterocycles. The van der Waals surface area contributed by atoms with Crippen molar-refractivity contribution in [2.45, 2.75) is 63.6 Å². The first-order chi connectivity index (χ1) is 16.3. The smallest absolute Gasteiger partial charge is 0.243 e. The summed E-state index contributed by atoms with van der Waals surface area (Å²) in [7, 11) is -3.47. The molecule has 0 aromatic heterocycles. The first kappa shape index (κ1) is 24.5. The van der Waals surface area contributed by atoms with Gasteiger partial charge in [0.2, 0.25) is 15.9 Å². The Morgan fingerprint density at radius 1 is 1.21 bits per heavy atom. The highest BCUT2D eigenvalue weighted by Crippen LogP contribution is 2.35. The Labute approximate surface area is 201 Å². The van der Waals surface area contributed by atoms with Crippen LogP contribution in [0.1, 0.15) is 44.7 Å². The molecule has 2 N–H and O–H groups in total. The monoisotopic (exact) mass is 487 g/mol. The summed E-state index contributed by atoms with van der Waals surface area (Å²) in [5.74, 6) is 1.46. The Balaban J connectivity index is 1.36. The molecule has 184 valence electrons. The van der Waals surface area contributed by atoms with Crippen LogP contribution in [0.15, 0.2) is 41.3 Å². The van der Waals surface area contributed by atoms with E-state index in [1.165, 1.54) is 4.31 Å². The molecule has 1 saturated heterocycles. The highest BCUT2D eigenvalue weighted by molar-refractivity contribution is 7.89. The number of hydrogen-bond acceptors (Lipinski definition) is 6. The number of fused-ring (bicyclic) bond motifs is 1. The lowest BCUT2D eigenvalue weighted by molar-refractivity contribution is -0.117. The third kappa shape index (κ3) is 5.37. The molecule has 0 radical (unpaired) electrons. The Hall–Kier alpha value is -2.62. The molecule has 2 aliphatic rings. The number of carbonyl (C=O) groups is 1. The summed E-state index contributed by atoms with van der Waals surface area (Å²) in [6.45, 7) is 7.90. The highest BCUT2D eigenvalue weighted by Gasteiger charge is 2.27. The molecule has 8 nitrogen and oxygen atoms in total. The number of ether oxygens (including phenoxy) is 2. The summed E-state index contributed by atoms with van der Waals surface area (Å²) in [5.41, 5.74) is 2.63. The lowest BCUT2D eigenvalue weighted by Crippen LogP contribution is -2.37. The third-order valence-electron chi connectivity index (χ3n) is 6.20. The van der Waals surface area contributed by atoms with Gasteiger partial charge in [0.15, 0.2) is 0 Å². The van der Waals surface area contributed by atoms with Crippen LogP contribution >= 0.6 is 0 Å². The van der Waals surface area contributed by atoms with E-state index in [0.717, 1.165) is 41.9 Å². The number of amides is 1. The molecular weight excluding hydrogens is 454 g/mol. The van der Waals surface area contributed by atoms with Gasteiger partial charge in [-0.05, 0) is 70.0 Å². The molecule has 2 atom stereocenters. The molecule has 0 unspecified atom stereocenters. The van der Waals surface area contributed by atoms with Gasteiger partial charge in [0.1, 0.15) is 17.6 Å². The van der Waals surface area contributed by atoms with Crippen LogP contribution < -0.4 is 20.1 Å². The molecule has 1 fully saturated rings. The van der Waals surface area contributed by atoms with E-state index >= 15 is 0 Å². The number of anilines is 1. The second kappa shape index (κ2) is 10.3.